The van der Waals surface area contributed by atoms with Crippen LogP contribution in [0.2, 0.25) is 0 Å². The molecule has 4 N–H and O–H groups in total. The third-order valence-corrected chi connectivity index (χ3v) is 5.20. The van der Waals surface area contributed by atoms with Gasteiger partial charge >= 0.3 is 0 Å². The number of carbonyl (C=O) groups excluding carboxylic acids is 1. The fraction of sp³-hybridized carbons (Fsp3) is 0.400. The SMILES string of the molecule is CCCCc1cc2c(C(=O)n3nc4c(c3N)CC(O)CC4)cccc2[nH]1. The highest BCUT2D eigenvalue weighted by atomic mass is 16.3. The number of H-pyrrole nitrogens is 1. The fourth-order valence-electron chi connectivity index (χ4n) is 3.75. The van der Waals surface area contributed by atoms with E-state index in [-0.39, 0.29) is 5.91 Å². The Balaban J connectivity index is 1.74. The van der Waals surface area contributed by atoms with Gasteiger partial charge in [-0.25, -0.2) is 0 Å². The number of nitrogens with two attached hydrogens (primary N) is 1. The maximum atomic E-state index is 13.1. The fourth-order valence-corrected chi connectivity index (χ4v) is 3.75. The van der Waals surface area contributed by atoms with E-state index in [1.165, 1.54) is 4.68 Å². The molecule has 1 aliphatic rings. The molecule has 0 bridgehead atoms. The molecule has 2 aromatic heterocycles. The van der Waals surface area contributed by atoms with Crippen molar-refractivity contribution in [2.75, 3.05) is 5.73 Å². The summed E-state index contributed by atoms with van der Waals surface area (Å²) in [6, 6.07) is 7.73. The molecule has 6 nitrogen and oxygen atoms in total. The van der Waals surface area contributed by atoms with Crippen molar-refractivity contribution in [2.24, 2.45) is 0 Å². The van der Waals surface area contributed by atoms with Gasteiger partial charge < -0.3 is 15.8 Å². The predicted octanol–water partition coefficient (Wildman–Crippen LogP) is 2.83. The maximum Gasteiger partial charge on any atom is 0.280 e. The second kappa shape index (κ2) is 6.61. The van der Waals surface area contributed by atoms with E-state index >= 15 is 0 Å². The van der Waals surface area contributed by atoms with E-state index in [2.05, 4.69) is 23.1 Å². The van der Waals surface area contributed by atoms with E-state index in [0.717, 1.165) is 47.1 Å². The lowest BCUT2D eigenvalue weighted by molar-refractivity contribution is 0.0949. The average molecular weight is 352 g/mol. The van der Waals surface area contributed by atoms with Gasteiger partial charge in [-0.3, -0.25) is 4.79 Å². The number of nitrogens with one attached hydrogen (secondary N) is 1. The molecule has 0 radical (unpaired) electrons. The van der Waals surface area contributed by atoms with E-state index < -0.39 is 6.10 Å². The Kier molecular flexibility index (Phi) is 4.28. The van der Waals surface area contributed by atoms with Crippen molar-refractivity contribution in [2.45, 2.75) is 51.6 Å². The zero-order valence-electron chi connectivity index (χ0n) is 15.0. The normalized spacial score (nSPS) is 16.8. The first-order valence-electron chi connectivity index (χ1n) is 9.28. The lowest BCUT2D eigenvalue weighted by Crippen LogP contribution is -2.18. The van der Waals surface area contributed by atoms with Crippen LogP contribution in [0.1, 0.15) is 53.5 Å². The summed E-state index contributed by atoms with van der Waals surface area (Å²) in [5.41, 5.74) is 10.5. The lowest BCUT2D eigenvalue weighted by atomic mass is 9.95. The molecule has 26 heavy (non-hydrogen) atoms. The predicted molar refractivity (Wildman–Crippen MR) is 101 cm³/mol. The Morgan fingerprint density at radius 1 is 1.46 bits per heavy atom. The lowest BCUT2D eigenvalue weighted by Gasteiger charge is -2.15. The maximum absolute atomic E-state index is 13.1. The van der Waals surface area contributed by atoms with Crippen LogP contribution in [0.4, 0.5) is 5.82 Å². The highest BCUT2D eigenvalue weighted by Gasteiger charge is 2.27. The van der Waals surface area contributed by atoms with E-state index in [9.17, 15) is 9.90 Å². The molecule has 3 aromatic rings. The topological polar surface area (TPSA) is 96.9 Å². The third-order valence-electron chi connectivity index (χ3n) is 5.20. The minimum absolute atomic E-state index is 0.224. The Hall–Kier alpha value is -2.60. The number of anilines is 1. The van der Waals surface area contributed by atoms with Crippen LogP contribution in [0, 0.1) is 0 Å². The first-order valence-corrected chi connectivity index (χ1v) is 9.28. The average Bonchev–Trinajstić information content (AvgIpc) is 3.20. The number of nitrogens with zero attached hydrogens (tertiary/aromatic N) is 2. The van der Waals surface area contributed by atoms with E-state index in [1.54, 1.807) is 0 Å². The Labute approximate surface area is 152 Å². The van der Waals surface area contributed by atoms with Crippen molar-refractivity contribution >= 4 is 22.6 Å². The summed E-state index contributed by atoms with van der Waals surface area (Å²) >= 11 is 0. The summed E-state index contributed by atoms with van der Waals surface area (Å²) in [5, 5.41) is 15.2. The van der Waals surface area contributed by atoms with Gasteiger partial charge in [0.25, 0.3) is 5.91 Å². The molecule has 1 unspecified atom stereocenters. The number of aromatic amines is 1. The van der Waals surface area contributed by atoms with Crippen LogP contribution in [0.25, 0.3) is 10.9 Å². The second-order valence-corrected chi connectivity index (χ2v) is 7.09. The minimum atomic E-state index is -0.410. The van der Waals surface area contributed by atoms with Gasteiger partial charge in [0.05, 0.1) is 17.4 Å². The molecule has 0 fully saturated rings. The molecule has 6 heteroatoms. The number of aliphatic hydroxyl groups is 1. The van der Waals surface area contributed by atoms with Crippen LogP contribution in [0.3, 0.4) is 0 Å². The zero-order chi connectivity index (χ0) is 18.3. The van der Waals surface area contributed by atoms with Gasteiger partial charge in [-0.2, -0.15) is 9.78 Å². The first-order chi connectivity index (χ1) is 12.6. The summed E-state index contributed by atoms with van der Waals surface area (Å²) in [7, 11) is 0. The number of aryl methyl sites for hydroxylation is 2. The van der Waals surface area contributed by atoms with Crippen LogP contribution in [0.5, 0.6) is 0 Å². The molecule has 0 spiro atoms. The van der Waals surface area contributed by atoms with Gasteiger partial charge in [-0.1, -0.05) is 19.4 Å². The van der Waals surface area contributed by atoms with Crippen LogP contribution in [-0.2, 0) is 19.3 Å². The van der Waals surface area contributed by atoms with Crippen molar-refractivity contribution in [3.8, 4) is 0 Å². The molecule has 0 saturated heterocycles. The van der Waals surface area contributed by atoms with E-state index in [1.807, 2.05) is 18.2 Å². The first kappa shape index (κ1) is 16.8. The number of hydrogen-bond acceptors (Lipinski definition) is 4. The summed E-state index contributed by atoms with van der Waals surface area (Å²) in [5.74, 6) is 0.125. The molecule has 1 aromatic carbocycles. The van der Waals surface area contributed by atoms with Crippen LogP contribution in [0.15, 0.2) is 24.3 Å². The van der Waals surface area contributed by atoms with Crippen molar-refractivity contribution in [3.63, 3.8) is 0 Å². The number of carbonyl (C=O) groups is 1. The molecular weight excluding hydrogens is 328 g/mol. The molecule has 136 valence electrons. The van der Waals surface area contributed by atoms with Crippen molar-refractivity contribution in [3.05, 3.63) is 46.8 Å². The summed E-state index contributed by atoms with van der Waals surface area (Å²) in [6.07, 6.45) is 4.56. The van der Waals surface area contributed by atoms with Gasteiger partial charge in [0.1, 0.15) is 5.82 Å². The summed E-state index contributed by atoms with van der Waals surface area (Å²) in [4.78, 5) is 16.5. The summed E-state index contributed by atoms with van der Waals surface area (Å²) < 4.78 is 1.30. The monoisotopic (exact) mass is 352 g/mol. The molecular formula is C20H24N4O2. The number of rotatable bonds is 4. The minimum Gasteiger partial charge on any atom is -0.393 e. The van der Waals surface area contributed by atoms with Crippen LogP contribution in [-0.4, -0.2) is 31.9 Å². The number of unbranched alkanes of at least 4 members (excludes halogenated alkanes) is 1. The van der Waals surface area contributed by atoms with E-state index in [0.29, 0.717) is 30.6 Å². The number of nitrogen functional groups attached to an aromatic ring is 1. The smallest absolute Gasteiger partial charge is 0.280 e. The van der Waals surface area contributed by atoms with Crippen LogP contribution < -0.4 is 5.73 Å². The van der Waals surface area contributed by atoms with Crippen molar-refractivity contribution < 1.29 is 9.90 Å². The number of aliphatic hydroxyl groups excluding tert-OH is 1. The van der Waals surface area contributed by atoms with Crippen molar-refractivity contribution in [1.29, 1.82) is 0 Å². The Bertz CT molecular complexity index is 970. The van der Waals surface area contributed by atoms with Gasteiger partial charge in [0.15, 0.2) is 0 Å². The Morgan fingerprint density at radius 3 is 3.12 bits per heavy atom. The largest absolute Gasteiger partial charge is 0.393 e. The standard InChI is InChI=1S/C20H24N4O2/c1-2-3-5-12-10-15-14(6-4-7-17(15)22-12)20(26)24-19(21)16-11-13(25)8-9-18(16)23-24/h4,6-7,10,13,22,25H,2-3,5,8-9,11,21H2,1H3. The third kappa shape index (κ3) is 2.80. The molecule has 2 heterocycles. The van der Waals surface area contributed by atoms with E-state index in [4.69, 9.17) is 5.73 Å². The van der Waals surface area contributed by atoms with Gasteiger partial charge in [0.2, 0.25) is 0 Å². The van der Waals surface area contributed by atoms with Gasteiger partial charge in [-0.15, -0.1) is 0 Å². The number of benzene rings is 1. The van der Waals surface area contributed by atoms with Crippen LogP contribution >= 0.6 is 0 Å². The molecule has 1 atom stereocenters. The second-order valence-electron chi connectivity index (χ2n) is 7.09. The number of hydrogen-bond donors (Lipinski definition) is 3. The quantitative estimate of drug-likeness (QED) is 0.672. The van der Waals surface area contributed by atoms with Crippen molar-refractivity contribution in [1.82, 2.24) is 14.8 Å². The number of aromatic nitrogens is 3. The zero-order valence-corrected chi connectivity index (χ0v) is 15.0. The molecule has 0 amide bonds. The highest BCUT2D eigenvalue weighted by Crippen LogP contribution is 2.28. The molecule has 1 aliphatic carbocycles. The van der Waals surface area contributed by atoms with Gasteiger partial charge in [0, 0.05) is 28.6 Å². The molecule has 4 rings (SSSR count). The number of fused-ring (bicyclic) bond motifs is 2. The summed E-state index contributed by atoms with van der Waals surface area (Å²) in [6.45, 7) is 2.16. The molecule has 0 saturated carbocycles. The van der Waals surface area contributed by atoms with Gasteiger partial charge in [-0.05, 0) is 43.9 Å². The molecule has 0 aliphatic heterocycles. The Morgan fingerprint density at radius 2 is 2.31 bits per heavy atom. The highest BCUT2D eigenvalue weighted by molar-refractivity contribution is 6.08.